The van der Waals surface area contributed by atoms with E-state index in [0.717, 1.165) is 0 Å². The van der Waals surface area contributed by atoms with E-state index in [2.05, 4.69) is 0 Å². The van der Waals surface area contributed by atoms with E-state index < -0.39 is 0 Å². The summed E-state index contributed by atoms with van der Waals surface area (Å²) in [6.45, 7) is 0. The van der Waals surface area contributed by atoms with Crippen LogP contribution in [0, 0.1) is 4.91 Å². The third-order valence-electron chi connectivity index (χ3n) is 0. The van der Waals surface area contributed by atoms with E-state index in [4.69, 9.17) is 10.1 Å². The number of nitrogens with zero attached hydrogens (tertiary/aromatic N) is 1. The van der Waals surface area contributed by atoms with Gasteiger partial charge in [-0.1, -0.05) is 0 Å². The zero-order chi connectivity index (χ0) is 2.71. The zero-order valence-corrected chi connectivity index (χ0v) is 8.01. The van der Waals surface area contributed by atoms with Crippen molar-refractivity contribution in [3.63, 3.8) is 0 Å². The molecule has 3 N–H and O–H groups in total. The maximum atomic E-state index is 8.11. The van der Waals surface area contributed by atoms with Gasteiger partial charge in [-0.3, -0.25) is 0 Å². The molecular weight excluding hydrogens is 271 g/mol. The Hall–Kier alpha value is 0.243. The van der Waals surface area contributed by atoms with Crippen LogP contribution < -0.4 is 0 Å². The zero-order valence-electron chi connectivity index (χ0n) is 2.51. The predicted molar refractivity (Wildman–Crippen MR) is 21.1 cm³/mol. The van der Waals surface area contributed by atoms with Gasteiger partial charge in [0.1, 0.15) is 0 Å². The minimum absolute atomic E-state index is 0. The molecule has 34 valence electrons. The second kappa shape index (κ2) is 28.9. The fourth-order valence-electron chi connectivity index (χ4n) is 0. The molecule has 0 fully saturated rings. The molecule has 0 amide bonds. The summed E-state index contributed by atoms with van der Waals surface area (Å²) in [6, 6.07) is 0. The molecule has 0 rings (SSSR count). The van der Waals surface area contributed by atoms with E-state index in [9.17, 15) is 0 Å². The van der Waals surface area contributed by atoms with Crippen molar-refractivity contribution in [2.45, 2.75) is 0 Å². The predicted octanol–water partition coefficient (Wildman–Crippen LogP) is -1.87. The van der Waals surface area contributed by atoms with E-state index in [1.807, 2.05) is 0 Å². The Morgan fingerprint density at radius 1 is 1.60 bits per heavy atom. The molecule has 0 aliphatic carbocycles. The summed E-state index contributed by atoms with van der Waals surface area (Å²) in [4.78, 5) is 8.11. The van der Waals surface area contributed by atoms with Crippen molar-refractivity contribution < 1.29 is 10.7 Å². The molecule has 0 aromatic rings. The molecule has 0 heterocycles. The molecule has 0 aromatic carbocycles. The Labute approximate surface area is 47.5 Å². The fourth-order valence-corrected chi connectivity index (χ4v) is 0. The Balaban J connectivity index is -0.0000000200. The number of hydrogen-bond acceptors (Lipinski definition) is 2. The molecule has 4 nitrogen and oxygen atoms in total. The normalized spacial score (nSPS) is 2.40. The van der Waals surface area contributed by atoms with Crippen LogP contribution in [-0.4, -0.2) is 36.9 Å². The van der Waals surface area contributed by atoms with Gasteiger partial charge in [-0.25, -0.2) is 0 Å². The Morgan fingerprint density at radius 3 is 1.60 bits per heavy atom. The van der Waals surface area contributed by atoms with Crippen molar-refractivity contribution in [2.24, 2.45) is 5.34 Å². The van der Waals surface area contributed by atoms with Gasteiger partial charge in [0, 0.05) is 0 Å². The average molecular weight is 277 g/mol. The first-order chi connectivity index (χ1) is 1.41. The van der Waals surface area contributed by atoms with Gasteiger partial charge < -0.3 is 10.7 Å². The van der Waals surface area contributed by atoms with Crippen molar-refractivity contribution in [1.82, 2.24) is 0 Å². The van der Waals surface area contributed by atoms with Gasteiger partial charge >= 0.3 is 26.2 Å². The third kappa shape index (κ3) is 361. The molecule has 0 bridgehead atoms. The first-order valence-corrected chi connectivity index (χ1v) is 0.383. The van der Waals surface area contributed by atoms with Gasteiger partial charge in [0.15, 0.2) is 5.34 Å². The van der Waals surface area contributed by atoms with Crippen LogP contribution in [0.5, 0.6) is 0 Å². The Morgan fingerprint density at radius 2 is 1.60 bits per heavy atom. The second-order valence-electron chi connectivity index (χ2n) is 0.0816. The fraction of sp³-hybridized carbons (Fsp3) is 0. The van der Waals surface area contributed by atoms with Gasteiger partial charge in [-0.15, -0.1) is 4.91 Å². The van der Waals surface area contributed by atoms with Crippen LogP contribution in [-0.2, 0) is 0 Å². The summed E-state index contributed by atoms with van der Waals surface area (Å²) >= 11 is 0. The first kappa shape index (κ1) is 18.8. The van der Waals surface area contributed by atoms with E-state index in [-0.39, 0.29) is 31.7 Å². The van der Waals surface area contributed by atoms with Crippen LogP contribution in [0.3, 0.4) is 0 Å². The van der Waals surface area contributed by atoms with Gasteiger partial charge in [0.25, 0.3) is 0 Å². The van der Waals surface area contributed by atoms with Gasteiger partial charge in [-0.05, 0) is 0 Å². The van der Waals surface area contributed by atoms with Gasteiger partial charge in [0.05, 0.1) is 0 Å². The monoisotopic (exact) mass is 277 g/mol. The van der Waals surface area contributed by atoms with E-state index in [1.165, 1.54) is 5.34 Å². The second-order valence-corrected chi connectivity index (χ2v) is 0.0816. The van der Waals surface area contributed by atoms with E-state index >= 15 is 0 Å². The van der Waals surface area contributed by atoms with Crippen molar-refractivity contribution in [1.29, 1.82) is 0 Å². The summed E-state index contributed by atoms with van der Waals surface area (Å²) < 4.78 is 0. The first-order valence-electron chi connectivity index (χ1n) is 0.383. The van der Waals surface area contributed by atoms with Crippen LogP contribution >= 0.6 is 0 Å². The summed E-state index contributed by atoms with van der Waals surface area (Å²) in [6.07, 6.45) is 0. The van der Waals surface area contributed by atoms with Crippen LogP contribution in [0.4, 0.5) is 0 Å². The van der Waals surface area contributed by atoms with Crippen LogP contribution in [0.2, 0.25) is 0 Å². The van der Waals surface area contributed by atoms with E-state index in [0.29, 0.717) is 0 Å². The topological polar surface area (TPSA) is 81.2 Å². The molecule has 5 heavy (non-hydrogen) atoms. The molecule has 0 aromatic heterocycles. The molecule has 0 aliphatic rings. The molecule has 5 heteroatoms. The molecule has 0 saturated heterocycles. The van der Waals surface area contributed by atoms with E-state index in [1.54, 1.807) is 0 Å². The molecule has 0 spiro atoms. The summed E-state index contributed by atoms with van der Waals surface area (Å²) in [7, 11) is 0. The minimum atomic E-state index is 0. The summed E-state index contributed by atoms with van der Waals surface area (Å²) in [5, 5.41) is 7.89. The molecule has 0 aliphatic heterocycles. The standard InChI is InChI=1S/Bi.HNO2.H2O.3H/c;2-1-3;;;;/h;(H,2,3);1H2;;;. The number of hydrogen-bond donors (Lipinski definition) is 1. The van der Waals surface area contributed by atoms with Crippen molar-refractivity contribution in [3.05, 3.63) is 4.91 Å². The van der Waals surface area contributed by atoms with Crippen molar-refractivity contribution >= 4 is 26.2 Å². The van der Waals surface area contributed by atoms with Crippen molar-refractivity contribution in [3.8, 4) is 0 Å². The molecule has 0 unspecified atom stereocenters. The quantitative estimate of drug-likeness (QED) is 0.320. The summed E-state index contributed by atoms with van der Waals surface area (Å²) in [5.41, 5.74) is 0. The van der Waals surface area contributed by atoms with Crippen molar-refractivity contribution in [2.75, 3.05) is 0 Å². The average Bonchev–Trinajstić information content (AvgIpc) is 0.918. The van der Waals surface area contributed by atoms with Crippen LogP contribution in [0.15, 0.2) is 5.34 Å². The molecule has 0 radical (unpaired) electrons. The van der Waals surface area contributed by atoms with Gasteiger partial charge in [-0.2, -0.15) is 0 Å². The van der Waals surface area contributed by atoms with Crippen LogP contribution in [0.1, 0.15) is 0 Å². The summed E-state index contributed by atoms with van der Waals surface area (Å²) in [5.74, 6) is 0. The third-order valence-corrected chi connectivity index (χ3v) is 0. The Bertz CT molecular complexity index is 14.4. The number of rotatable bonds is 0. The SMILES string of the molecule is O.O=NO.[BiH3]. The molecular formula is H6BiNO3. The molecule has 0 atom stereocenters. The maximum absolute atomic E-state index is 8.11. The Kier molecular flexibility index (Phi) is 108. The van der Waals surface area contributed by atoms with Gasteiger partial charge in [0.2, 0.25) is 0 Å². The van der Waals surface area contributed by atoms with Crippen LogP contribution in [0.25, 0.3) is 0 Å². The molecule has 0 saturated carbocycles.